The summed E-state index contributed by atoms with van der Waals surface area (Å²) in [6.07, 6.45) is 5.06. The van der Waals surface area contributed by atoms with Gasteiger partial charge in [-0.15, -0.1) is 11.3 Å². The number of hydrogen-bond donors (Lipinski definition) is 1. The molecule has 3 nitrogen and oxygen atoms in total. The molecule has 1 aliphatic carbocycles. The summed E-state index contributed by atoms with van der Waals surface area (Å²) >= 11 is 5.16. The van der Waals surface area contributed by atoms with E-state index in [1.165, 1.54) is 11.3 Å². The third-order valence-corrected chi connectivity index (χ3v) is 5.17. The van der Waals surface area contributed by atoms with E-state index in [-0.39, 0.29) is 12.2 Å². The van der Waals surface area contributed by atoms with E-state index in [9.17, 15) is 0 Å². The van der Waals surface area contributed by atoms with Crippen LogP contribution in [0.15, 0.2) is 15.9 Å². The summed E-state index contributed by atoms with van der Waals surface area (Å²) in [5.41, 5.74) is 5.83. The third-order valence-electron chi connectivity index (χ3n) is 3.39. The highest BCUT2D eigenvalue weighted by Crippen LogP contribution is 2.31. The Morgan fingerprint density at radius 3 is 2.89 bits per heavy atom. The molecule has 3 unspecified atom stereocenters. The van der Waals surface area contributed by atoms with Crippen LogP contribution in [-0.4, -0.2) is 25.9 Å². The summed E-state index contributed by atoms with van der Waals surface area (Å²) < 4.78 is 12.7. The van der Waals surface area contributed by atoms with Gasteiger partial charge in [-0.1, -0.05) is 0 Å². The lowest BCUT2D eigenvalue weighted by Crippen LogP contribution is -2.30. The summed E-state index contributed by atoms with van der Waals surface area (Å²) in [5, 5.41) is 2.07. The van der Waals surface area contributed by atoms with E-state index in [0.29, 0.717) is 12.6 Å². The van der Waals surface area contributed by atoms with Gasteiger partial charge in [0, 0.05) is 28.4 Å². The summed E-state index contributed by atoms with van der Waals surface area (Å²) in [6.45, 7) is 0.529. The molecule has 1 aliphatic rings. The summed E-state index contributed by atoms with van der Waals surface area (Å²) in [4.78, 5) is 1.20. The molecule has 0 spiro atoms. The summed E-state index contributed by atoms with van der Waals surface area (Å²) in [7, 11) is 1.78. The van der Waals surface area contributed by atoms with Crippen molar-refractivity contribution in [3.8, 4) is 0 Å². The minimum absolute atomic E-state index is 0.0157. The Hall–Kier alpha value is 0.0600. The Morgan fingerprint density at radius 2 is 2.28 bits per heavy atom. The highest BCUT2D eigenvalue weighted by Gasteiger charge is 2.25. The maximum Gasteiger partial charge on any atom is 0.104 e. The molecule has 0 aromatic carbocycles. The molecule has 1 aromatic rings. The first-order valence-corrected chi connectivity index (χ1v) is 8.02. The van der Waals surface area contributed by atoms with Crippen LogP contribution >= 0.6 is 27.3 Å². The van der Waals surface area contributed by atoms with Crippen molar-refractivity contribution in [3.63, 3.8) is 0 Å². The van der Waals surface area contributed by atoms with Crippen LogP contribution in [0.2, 0.25) is 0 Å². The van der Waals surface area contributed by atoms with Gasteiger partial charge < -0.3 is 15.2 Å². The fraction of sp³-hybridized carbons (Fsp3) is 0.692. The first kappa shape index (κ1) is 14.5. The molecule has 0 bridgehead atoms. The minimum atomic E-state index is 0.0157. The van der Waals surface area contributed by atoms with Gasteiger partial charge in [0.15, 0.2) is 0 Å². The normalized spacial score (nSPS) is 26.2. The molecule has 1 saturated carbocycles. The molecule has 1 fully saturated rings. The Bertz CT molecular complexity index is 372. The molecule has 0 radical (unpaired) electrons. The van der Waals surface area contributed by atoms with Crippen LogP contribution in [0.25, 0.3) is 0 Å². The predicted molar refractivity (Wildman–Crippen MR) is 78.0 cm³/mol. The maximum absolute atomic E-state index is 6.16. The zero-order chi connectivity index (χ0) is 13.0. The van der Waals surface area contributed by atoms with Crippen molar-refractivity contribution in [2.24, 2.45) is 5.73 Å². The second kappa shape index (κ2) is 7.01. The minimum Gasteiger partial charge on any atom is -0.381 e. The monoisotopic (exact) mass is 333 g/mol. The molecule has 1 aromatic heterocycles. The van der Waals surface area contributed by atoms with Crippen LogP contribution in [0.3, 0.4) is 0 Å². The fourth-order valence-electron chi connectivity index (χ4n) is 2.41. The van der Waals surface area contributed by atoms with E-state index in [1.54, 1.807) is 18.4 Å². The number of halogens is 1. The quantitative estimate of drug-likeness (QED) is 0.897. The van der Waals surface area contributed by atoms with Gasteiger partial charge in [0.2, 0.25) is 0 Å². The van der Waals surface area contributed by atoms with Gasteiger partial charge >= 0.3 is 0 Å². The fourth-order valence-corrected chi connectivity index (χ4v) is 3.90. The highest BCUT2D eigenvalue weighted by atomic mass is 79.9. The van der Waals surface area contributed by atoms with E-state index < -0.39 is 0 Å². The van der Waals surface area contributed by atoms with Crippen LogP contribution in [0.1, 0.15) is 36.7 Å². The van der Waals surface area contributed by atoms with Crippen molar-refractivity contribution >= 4 is 27.3 Å². The van der Waals surface area contributed by atoms with E-state index in [2.05, 4.69) is 27.4 Å². The summed E-state index contributed by atoms with van der Waals surface area (Å²) in [6, 6.07) is 2.10. The second-order valence-corrected chi connectivity index (χ2v) is 6.53. The largest absolute Gasteiger partial charge is 0.381 e. The third kappa shape index (κ3) is 3.78. The van der Waals surface area contributed by atoms with Crippen molar-refractivity contribution in [1.82, 2.24) is 0 Å². The Labute approximate surface area is 121 Å². The lowest BCUT2D eigenvalue weighted by molar-refractivity contribution is -0.0622. The van der Waals surface area contributed by atoms with E-state index in [0.717, 1.165) is 23.7 Å². The molecule has 3 atom stereocenters. The van der Waals surface area contributed by atoms with Crippen molar-refractivity contribution in [1.29, 1.82) is 0 Å². The average molecular weight is 334 g/mol. The molecular formula is C13H20BrNO2S. The topological polar surface area (TPSA) is 44.5 Å². The summed E-state index contributed by atoms with van der Waals surface area (Å²) in [5.74, 6) is 0. The van der Waals surface area contributed by atoms with E-state index in [1.807, 2.05) is 0 Å². The Kier molecular flexibility index (Phi) is 5.63. The van der Waals surface area contributed by atoms with Gasteiger partial charge in [-0.2, -0.15) is 0 Å². The molecule has 2 N–H and O–H groups in total. The van der Waals surface area contributed by atoms with Crippen molar-refractivity contribution in [2.45, 2.75) is 44.0 Å². The van der Waals surface area contributed by atoms with E-state index in [4.69, 9.17) is 15.2 Å². The molecule has 18 heavy (non-hydrogen) atoms. The number of methoxy groups -OCH3 is 1. The van der Waals surface area contributed by atoms with Crippen LogP contribution < -0.4 is 5.73 Å². The number of nitrogens with two attached hydrogens (primary N) is 1. The van der Waals surface area contributed by atoms with Crippen molar-refractivity contribution in [2.75, 3.05) is 13.7 Å². The number of rotatable bonds is 5. The molecule has 0 saturated heterocycles. The Balaban J connectivity index is 1.93. The predicted octanol–water partition coefficient (Wildman–Crippen LogP) is 3.48. The van der Waals surface area contributed by atoms with Gasteiger partial charge in [0.25, 0.3) is 0 Å². The maximum atomic E-state index is 6.16. The lowest BCUT2D eigenvalue weighted by atomic mass is 9.94. The number of thiophene rings is 1. The zero-order valence-corrected chi connectivity index (χ0v) is 13.0. The van der Waals surface area contributed by atoms with Crippen molar-refractivity contribution in [3.05, 3.63) is 20.8 Å². The van der Waals surface area contributed by atoms with Crippen molar-refractivity contribution < 1.29 is 9.47 Å². The van der Waals surface area contributed by atoms with E-state index >= 15 is 0 Å². The number of ether oxygens (including phenoxy) is 2. The van der Waals surface area contributed by atoms with Gasteiger partial charge in [-0.05, 0) is 47.7 Å². The highest BCUT2D eigenvalue weighted by molar-refractivity contribution is 9.10. The molecular weight excluding hydrogens is 314 g/mol. The molecule has 0 amide bonds. The van der Waals surface area contributed by atoms with Gasteiger partial charge in [-0.3, -0.25) is 0 Å². The van der Waals surface area contributed by atoms with Gasteiger partial charge in [-0.25, -0.2) is 0 Å². The van der Waals surface area contributed by atoms with Crippen LogP contribution in [-0.2, 0) is 9.47 Å². The molecule has 0 aliphatic heterocycles. The number of hydrogen-bond acceptors (Lipinski definition) is 4. The average Bonchev–Trinajstić information content (AvgIpc) is 2.82. The molecule has 1 heterocycles. The molecule has 2 rings (SSSR count). The molecule has 5 heteroatoms. The van der Waals surface area contributed by atoms with Gasteiger partial charge in [0.1, 0.15) is 6.10 Å². The Morgan fingerprint density at radius 1 is 1.50 bits per heavy atom. The van der Waals surface area contributed by atoms with Crippen LogP contribution in [0, 0.1) is 0 Å². The smallest absolute Gasteiger partial charge is 0.104 e. The first-order valence-electron chi connectivity index (χ1n) is 6.35. The SMILES string of the molecule is COC1CCCC(OC(CN)c2cc(Br)cs2)C1. The lowest BCUT2D eigenvalue weighted by Gasteiger charge is -2.30. The molecule has 102 valence electrons. The van der Waals surface area contributed by atoms with Crippen LogP contribution in [0.4, 0.5) is 0 Å². The van der Waals surface area contributed by atoms with Crippen LogP contribution in [0.5, 0.6) is 0 Å². The van der Waals surface area contributed by atoms with Gasteiger partial charge in [0.05, 0.1) is 12.2 Å². The first-order chi connectivity index (χ1) is 8.72. The zero-order valence-electron chi connectivity index (χ0n) is 10.6. The second-order valence-electron chi connectivity index (χ2n) is 4.67. The standard InChI is InChI=1S/C13H20BrNO2S/c1-16-10-3-2-4-11(6-10)17-12(7-15)13-5-9(14)8-18-13/h5,8,10-12H,2-4,6-7,15H2,1H3.